The Hall–Kier alpha value is -3.93. The molecule has 0 unspecified atom stereocenters. The number of carbonyl (C=O) groups is 3. The number of benzene rings is 3. The van der Waals surface area contributed by atoms with E-state index in [1.807, 2.05) is 30.3 Å². The van der Waals surface area contributed by atoms with Gasteiger partial charge in [-0.2, -0.15) is 0 Å². The summed E-state index contributed by atoms with van der Waals surface area (Å²) in [6.45, 7) is 1.90. The molecule has 146 valence electrons. The zero-order chi connectivity index (χ0) is 20.6. The van der Waals surface area contributed by atoms with Gasteiger partial charge in [-0.15, -0.1) is 0 Å². The SMILES string of the molecule is CC(=O)c1ccc(NC(=O)C(=O)Nc2ccc(OCc3ccccc3)cc2)cc1. The van der Waals surface area contributed by atoms with Crippen LogP contribution in [0, 0.1) is 0 Å². The normalized spacial score (nSPS) is 10.1. The van der Waals surface area contributed by atoms with Gasteiger partial charge in [-0.1, -0.05) is 30.3 Å². The number of amides is 2. The van der Waals surface area contributed by atoms with Gasteiger partial charge in [-0.3, -0.25) is 14.4 Å². The first-order valence-corrected chi connectivity index (χ1v) is 9.01. The lowest BCUT2D eigenvalue weighted by molar-refractivity contribution is -0.132. The van der Waals surface area contributed by atoms with E-state index in [4.69, 9.17) is 4.74 Å². The maximum atomic E-state index is 12.1. The third-order valence-electron chi connectivity index (χ3n) is 4.12. The monoisotopic (exact) mass is 388 g/mol. The van der Waals surface area contributed by atoms with Crippen LogP contribution < -0.4 is 15.4 Å². The summed E-state index contributed by atoms with van der Waals surface area (Å²) in [5, 5.41) is 5.02. The first-order chi connectivity index (χ1) is 14.0. The van der Waals surface area contributed by atoms with Crippen molar-refractivity contribution >= 4 is 29.0 Å². The number of carbonyl (C=O) groups excluding carboxylic acids is 3. The number of hydrogen-bond acceptors (Lipinski definition) is 4. The zero-order valence-electron chi connectivity index (χ0n) is 15.8. The van der Waals surface area contributed by atoms with Gasteiger partial charge in [-0.25, -0.2) is 0 Å². The van der Waals surface area contributed by atoms with Gasteiger partial charge in [0, 0.05) is 16.9 Å². The van der Waals surface area contributed by atoms with Gasteiger partial charge in [0.15, 0.2) is 5.78 Å². The largest absolute Gasteiger partial charge is 0.489 e. The minimum Gasteiger partial charge on any atom is -0.489 e. The van der Waals surface area contributed by atoms with Crippen LogP contribution in [0.15, 0.2) is 78.9 Å². The summed E-state index contributed by atoms with van der Waals surface area (Å²) in [5.74, 6) is -1.01. The molecule has 0 saturated heterocycles. The summed E-state index contributed by atoms with van der Waals surface area (Å²) >= 11 is 0. The quantitative estimate of drug-likeness (QED) is 0.493. The van der Waals surface area contributed by atoms with E-state index in [9.17, 15) is 14.4 Å². The molecule has 2 amide bonds. The molecule has 0 aliphatic carbocycles. The summed E-state index contributed by atoms with van der Waals surface area (Å²) in [7, 11) is 0. The standard InChI is InChI=1S/C23H20N2O4/c1-16(26)18-7-9-19(10-8-18)24-22(27)23(28)25-20-11-13-21(14-12-20)29-15-17-5-3-2-4-6-17/h2-14H,15H2,1H3,(H,24,27)(H,25,28). The van der Waals surface area contributed by atoms with Gasteiger partial charge in [0.1, 0.15) is 12.4 Å². The molecule has 0 atom stereocenters. The average molecular weight is 388 g/mol. The van der Waals surface area contributed by atoms with E-state index in [0.29, 0.717) is 29.3 Å². The average Bonchev–Trinajstić information content (AvgIpc) is 2.74. The van der Waals surface area contributed by atoms with Crippen molar-refractivity contribution in [2.24, 2.45) is 0 Å². The van der Waals surface area contributed by atoms with Crippen molar-refractivity contribution < 1.29 is 19.1 Å². The van der Waals surface area contributed by atoms with E-state index < -0.39 is 11.8 Å². The Kier molecular flexibility index (Phi) is 6.37. The van der Waals surface area contributed by atoms with E-state index in [1.54, 1.807) is 48.5 Å². The van der Waals surface area contributed by atoms with Gasteiger partial charge in [0.2, 0.25) is 0 Å². The lowest BCUT2D eigenvalue weighted by Gasteiger charge is -2.09. The van der Waals surface area contributed by atoms with Crippen LogP contribution in [-0.2, 0) is 16.2 Å². The third-order valence-corrected chi connectivity index (χ3v) is 4.12. The second kappa shape index (κ2) is 9.32. The molecule has 0 aliphatic rings. The molecule has 3 aromatic carbocycles. The number of anilines is 2. The van der Waals surface area contributed by atoms with Gasteiger partial charge in [0.05, 0.1) is 0 Å². The minimum absolute atomic E-state index is 0.0724. The number of ketones is 1. The predicted octanol–water partition coefficient (Wildman–Crippen LogP) is 4.05. The van der Waals surface area contributed by atoms with Crippen LogP contribution in [0.25, 0.3) is 0 Å². The summed E-state index contributed by atoms with van der Waals surface area (Å²) in [6, 6.07) is 22.9. The first kappa shape index (κ1) is 19.8. The van der Waals surface area contributed by atoms with Crippen molar-refractivity contribution in [1.29, 1.82) is 0 Å². The van der Waals surface area contributed by atoms with Crippen molar-refractivity contribution in [2.75, 3.05) is 10.6 Å². The fraction of sp³-hybridized carbons (Fsp3) is 0.0870. The summed E-state index contributed by atoms with van der Waals surface area (Å²) in [6.07, 6.45) is 0. The van der Waals surface area contributed by atoms with Crippen molar-refractivity contribution in [2.45, 2.75) is 13.5 Å². The Morgan fingerprint density at radius 3 is 1.76 bits per heavy atom. The molecular formula is C23H20N2O4. The molecule has 0 heterocycles. The van der Waals surface area contributed by atoms with Crippen molar-refractivity contribution in [3.05, 3.63) is 90.0 Å². The lowest BCUT2D eigenvalue weighted by Crippen LogP contribution is -2.29. The van der Waals surface area contributed by atoms with Gasteiger partial charge >= 0.3 is 11.8 Å². The van der Waals surface area contributed by atoms with Crippen LogP contribution in [0.2, 0.25) is 0 Å². The Labute approximate surface area is 168 Å². The molecule has 29 heavy (non-hydrogen) atoms. The van der Waals surface area contributed by atoms with Gasteiger partial charge in [0.25, 0.3) is 0 Å². The van der Waals surface area contributed by atoms with Crippen molar-refractivity contribution in [3.8, 4) is 5.75 Å². The molecule has 0 spiro atoms. The molecule has 3 rings (SSSR count). The van der Waals surface area contributed by atoms with E-state index in [2.05, 4.69) is 10.6 Å². The van der Waals surface area contributed by atoms with Crippen LogP contribution in [0.1, 0.15) is 22.8 Å². The molecule has 2 N–H and O–H groups in total. The highest BCUT2D eigenvalue weighted by Gasteiger charge is 2.14. The van der Waals surface area contributed by atoms with Crippen molar-refractivity contribution in [3.63, 3.8) is 0 Å². The summed E-state index contributed by atoms with van der Waals surface area (Å²) < 4.78 is 5.69. The van der Waals surface area contributed by atoms with E-state index >= 15 is 0 Å². The topological polar surface area (TPSA) is 84.5 Å². The number of rotatable bonds is 6. The second-order valence-corrected chi connectivity index (χ2v) is 6.34. The smallest absolute Gasteiger partial charge is 0.314 e. The highest BCUT2D eigenvalue weighted by atomic mass is 16.5. The first-order valence-electron chi connectivity index (χ1n) is 9.01. The molecule has 0 bridgehead atoms. The van der Waals surface area contributed by atoms with Gasteiger partial charge < -0.3 is 15.4 Å². The van der Waals surface area contributed by atoms with Crippen molar-refractivity contribution in [1.82, 2.24) is 0 Å². The lowest BCUT2D eigenvalue weighted by atomic mass is 10.1. The number of hydrogen-bond donors (Lipinski definition) is 2. The summed E-state index contributed by atoms with van der Waals surface area (Å²) in [4.78, 5) is 35.4. The fourth-order valence-electron chi connectivity index (χ4n) is 2.54. The molecule has 3 aromatic rings. The Bertz CT molecular complexity index is 997. The highest BCUT2D eigenvalue weighted by Crippen LogP contribution is 2.17. The summed E-state index contributed by atoms with van der Waals surface area (Å²) in [5.41, 5.74) is 2.49. The molecule has 0 aromatic heterocycles. The maximum absolute atomic E-state index is 12.1. The molecule has 6 nitrogen and oxygen atoms in total. The Balaban J connectivity index is 1.51. The molecule has 0 saturated carbocycles. The van der Waals surface area contributed by atoms with E-state index in [1.165, 1.54) is 6.92 Å². The molecule has 0 fully saturated rings. The second-order valence-electron chi connectivity index (χ2n) is 6.34. The van der Waals surface area contributed by atoms with Crippen LogP contribution >= 0.6 is 0 Å². The number of Topliss-reactive ketones (excluding diaryl/α,β-unsaturated/α-hetero) is 1. The van der Waals surface area contributed by atoms with E-state index in [-0.39, 0.29) is 5.78 Å². The van der Waals surface area contributed by atoms with Gasteiger partial charge in [-0.05, 0) is 61.0 Å². The number of ether oxygens (including phenoxy) is 1. The Morgan fingerprint density at radius 2 is 1.24 bits per heavy atom. The fourth-order valence-corrected chi connectivity index (χ4v) is 2.54. The highest BCUT2D eigenvalue weighted by molar-refractivity contribution is 6.43. The Morgan fingerprint density at radius 1 is 0.724 bits per heavy atom. The molecule has 0 aliphatic heterocycles. The maximum Gasteiger partial charge on any atom is 0.314 e. The third kappa shape index (κ3) is 5.77. The van der Waals surface area contributed by atoms with E-state index in [0.717, 1.165) is 5.56 Å². The molecular weight excluding hydrogens is 368 g/mol. The van der Waals surface area contributed by atoms with Crippen LogP contribution in [0.5, 0.6) is 5.75 Å². The zero-order valence-corrected chi connectivity index (χ0v) is 15.8. The number of nitrogens with one attached hydrogen (secondary N) is 2. The minimum atomic E-state index is -0.801. The van der Waals surface area contributed by atoms with Crippen LogP contribution in [0.4, 0.5) is 11.4 Å². The van der Waals surface area contributed by atoms with Crippen LogP contribution in [0.3, 0.4) is 0 Å². The van der Waals surface area contributed by atoms with Crippen LogP contribution in [-0.4, -0.2) is 17.6 Å². The predicted molar refractivity (Wildman–Crippen MR) is 111 cm³/mol. The molecule has 0 radical (unpaired) electrons. The molecule has 6 heteroatoms.